The molecule has 8 atom stereocenters. The first-order valence-electron chi connectivity index (χ1n) is 11.8. The van der Waals surface area contributed by atoms with Crippen molar-refractivity contribution in [3.8, 4) is 0 Å². The Labute approximate surface area is 182 Å². The van der Waals surface area contributed by atoms with Gasteiger partial charge in [0.2, 0.25) is 0 Å². The maximum absolute atomic E-state index is 16.6. The summed E-state index contributed by atoms with van der Waals surface area (Å²) in [5, 5.41) is 22.0. The van der Waals surface area contributed by atoms with Crippen molar-refractivity contribution in [1.82, 2.24) is 20.2 Å². The van der Waals surface area contributed by atoms with Gasteiger partial charge in [-0.1, -0.05) is 13.8 Å². The number of hydrogen-bond donors (Lipinski definition) is 1. The normalized spacial score (nSPS) is 51.6. The first-order valence-corrected chi connectivity index (χ1v) is 11.8. The van der Waals surface area contributed by atoms with E-state index in [4.69, 9.17) is 0 Å². The van der Waals surface area contributed by atoms with E-state index in [0.29, 0.717) is 19.3 Å². The number of alkyl halides is 2. The number of rotatable bonds is 3. The van der Waals surface area contributed by atoms with Crippen molar-refractivity contribution < 1.29 is 18.7 Å². The standard InChI is InChI=1S/C23H34F2N4O2/c1-19(31)10-11-23(25)16-4-7-21(3)17(18(30)12-29-27-14-26-28-29)5-8-20(21,2)15(16)6-9-22(23,24)13-19/h14-17,31H,4-13H2,1-3H3/t15-,16+,17-,19-,20+,21-,22+,23+/m1/s1. The minimum absolute atomic E-state index is 0.0606. The quantitative estimate of drug-likeness (QED) is 0.779. The van der Waals surface area contributed by atoms with Crippen LogP contribution in [0, 0.1) is 28.6 Å². The molecule has 1 heterocycles. The van der Waals surface area contributed by atoms with Crippen molar-refractivity contribution in [2.24, 2.45) is 28.6 Å². The van der Waals surface area contributed by atoms with E-state index < -0.39 is 16.9 Å². The number of hydrogen-bond acceptors (Lipinski definition) is 5. The molecule has 1 aromatic rings. The number of halogens is 2. The topological polar surface area (TPSA) is 80.9 Å². The number of aliphatic hydroxyl groups is 1. The van der Waals surface area contributed by atoms with Crippen molar-refractivity contribution in [1.29, 1.82) is 0 Å². The molecule has 1 N–H and O–H groups in total. The number of Topliss-reactive ketones (excluding diaryl/α,β-unsaturated/α-hetero) is 1. The molecule has 4 aliphatic rings. The Hall–Kier alpha value is -1.44. The highest BCUT2D eigenvalue weighted by Gasteiger charge is 2.72. The zero-order valence-electron chi connectivity index (χ0n) is 18.8. The van der Waals surface area contributed by atoms with Crippen LogP contribution in [0.3, 0.4) is 0 Å². The summed E-state index contributed by atoms with van der Waals surface area (Å²) >= 11 is 0. The maximum atomic E-state index is 16.6. The van der Waals surface area contributed by atoms with Gasteiger partial charge < -0.3 is 5.11 Å². The summed E-state index contributed by atoms with van der Waals surface area (Å²) in [5.41, 5.74) is -5.41. The summed E-state index contributed by atoms with van der Waals surface area (Å²) < 4.78 is 32.6. The molecular weight excluding hydrogens is 402 g/mol. The zero-order valence-corrected chi connectivity index (χ0v) is 18.8. The Kier molecular flexibility index (Phi) is 4.52. The number of nitrogens with zero attached hydrogens (tertiary/aromatic N) is 4. The summed E-state index contributed by atoms with van der Waals surface area (Å²) in [5.74, 6) is -0.289. The Morgan fingerprint density at radius 2 is 1.74 bits per heavy atom. The Balaban J connectivity index is 1.43. The molecule has 4 saturated carbocycles. The van der Waals surface area contributed by atoms with Gasteiger partial charge in [-0.15, -0.1) is 10.2 Å². The lowest BCUT2D eigenvalue weighted by Crippen LogP contribution is -2.67. The largest absolute Gasteiger partial charge is 0.390 e. The minimum atomic E-state index is -1.95. The molecule has 0 amide bonds. The first-order chi connectivity index (χ1) is 14.4. The third-order valence-electron chi connectivity index (χ3n) is 10.3. The van der Waals surface area contributed by atoms with E-state index >= 15 is 8.78 Å². The second kappa shape index (κ2) is 6.55. The van der Waals surface area contributed by atoms with Gasteiger partial charge in [0.05, 0.1) is 5.60 Å². The number of tetrazole rings is 1. The third-order valence-corrected chi connectivity index (χ3v) is 10.3. The lowest BCUT2D eigenvalue weighted by Gasteiger charge is -2.64. The number of carbonyl (C=O) groups excluding carboxylic acids is 1. The van der Waals surface area contributed by atoms with Crippen LogP contribution in [-0.4, -0.2) is 48.0 Å². The third kappa shape index (κ3) is 2.82. The van der Waals surface area contributed by atoms with Gasteiger partial charge in [-0.05, 0) is 86.2 Å². The molecule has 4 aliphatic carbocycles. The smallest absolute Gasteiger partial charge is 0.162 e. The molecule has 6 nitrogen and oxygen atoms in total. The summed E-state index contributed by atoms with van der Waals surface area (Å²) in [6, 6.07) is 0. The van der Waals surface area contributed by atoms with Crippen molar-refractivity contribution in [3.63, 3.8) is 0 Å². The van der Waals surface area contributed by atoms with E-state index in [1.807, 2.05) is 0 Å². The molecule has 8 heteroatoms. The average molecular weight is 437 g/mol. The van der Waals surface area contributed by atoms with Crippen LogP contribution in [0.4, 0.5) is 8.78 Å². The van der Waals surface area contributed by atoms with Crippen LogP contribution in [0.25, 0.3) is 0 Å². The van der Waals surface area contributed by atoms with Crippen LogP contribution >= 0.6 is 0 Å². The summed E-state index contributed by atoms with van der Waals surface area (Å²) in [4.78, 5) is 14.5. The highest BCUT2D eigenvalue weighted by Crippen LogP contribution is 2.72. The molecule has 0 radical (unpaired) electrons. The molecular formula is C23H34F2N4O2. The van der Waals surface area contributed by atoms with Gasteiger partial charge in [0.25, 0.3) is 0 Å². The Morgan fingerprint density at radius 1 is 1.03 bits per heavy atom. The summed E-state index contributed by atoms with van der Waals surface area (Å²) in [6.07, 6.45) is 5.36. The predicted molar refractivity (Wildman–Crippen MR) is 109 cm³/mol. The van der Waals surface area contributed by atoms with Gasteiger partial charge in [-0.2, -0.15) is 4.80 Å². The molecule has 0 aliphatic heterocycles. The Bertz CT molecular complexity index is 879. The Morgan fingerprint density at radius 3 is 2.45 bits per heavy atom. The monoisotopic (exact) mass is 436 g/mol. The van der Waals surface area contributed by atoms with Crippen molar-refractivity contribution in [2.75, 3.05) is 0 Å². The SMILES string of the molecule is C[C@@]1(O)CC[C@]2(F)[C@H]3CC[C@]4(C)[C@@H](C(=O)Cn5ncnn5)CC[C@@]4(C)[C@@H]3CC[C@]2(F)C1. The molecule has 31 heavy (non-hydrogen) atoms. The highest BCUT2D eigenvalue weighted by molar-refractivity contribution is 5.82. The van der Waals surface area contributed by atoms with E-state index in [1.54, 1.807) is 6.92 Å². The second-order valence-electron chi connectivity index (χ2n) is 11.7. The zero-order chi connectivity index (χ0) is 22.3. The highest BCUT2D eigenvalue weighted by atomic mass is 19.2. The van der Waals surface area contributed by atoms with E-state index in [1.165, 1.54) is 11.1 Å². The van der Waals surface area contributed by atoms with Crippen LogP contribution in [-0.2, 0) is 11.3 Å². The molecule has 0 saturated heterocycles. The molecule has 1 aromatic heterocycles. The van der Waals surface area contributed by atoms with Crippen LogP contribution in [0.1, 0.15) is 78.6 Å². The maximum Gasteiger partial charge on any atom is 0.162 e. The average Bonchev–Trinajstić information content (AvgIpc) is 3.28. The molecule has 172 valence electrons. The number of ketones is 1. The van der Waals surface area contributed by atoms with E-state index in [0.717, 1.165) is 19.3 Å². The van der Waals surface area contributed by atoms with Gasteiger partial charge in [0.1, 0.15) is 17.9 Å². The minimum Gasteiger partial charge on any atom is -0.390 e. The van der Waals surface area contributed by atoms with Crippen molar-refractivity contribution in [2.45, 2.75) is 102 Å². The van der Waals surface area contributed by atoms with Crippen LogP contribution < -0.4 is 0 Å². The van der Waals surface area contributed by atoms with E-state index in [9.17, 15) is 9.90 Å². The van der Waals surface area contributed by atoms with Crippen LogP contribution in [0.15, 0.2) is 6.33 Å². The van der Waals surface area contributed by atoms with Gasteiger partial charge >= 0.3 is 0 Å². The molecule has 0 aromatic carbocycles. The number of carbonyl (C=O) groups is 1. The van der Waals surface area contributed by atoms with E-state index in [2.05, 4.69) is 29.3 Å². The number of fused-ring (bicyclic) bond motifs is 5. The second-order valence-corrected chi connectivity index (χ2v) is 11.7. The van der Waals surface area contributed by atoms with Crippen molar-refractivity contribution >= 4 is 5.78 Å². The molecule has 4 fully saturated rings. The molecule has 0 unspecified atom stereocenters. The van der Waals surface area contributed by atoms with Gasteiger partial charge in [0.15, 0.2) is 12.1 Å². The van der Waals surface area contributed by atoms with Gasteiger partial charge in [-0.25, -0.2) is 8.78 Å². The van der Waals surface area contributed by atoms with Crippen molar-refractivity contribution in [3.05, 3.63) is 6.33 Å². The van der Waals surface area contributed by atoms with Crippen LogP contribution in [0.2, 0.25) is 0 Å². The van der Waals surface area contributed by atoms with Gasteiger partial charge in [-0.3, -0.25) is 4.79 Å². The molecule has 0 bridgehead atoms. The number of aromatic nitrogens is 4. The fourth-order valence-corrected chi connectivity index (χ4v) is 8.42. The summed E-state index contributed by atoms with van der Waals surface area (Å²) in [6.45, 7) is 6.16. The predicted octanol–water partition coefficient (Wildman–Crippen LogP) is 3.84. The fraction of sp³-hybridized carbons (Fsp3) is 0.913. The summed E-state index contributed by atoms with van der Waals surface area (Å²) in [7, 11) is 0. The van der Waals surface area contributed by atoms with Gasteiger partial charge in [0, 0.05) is 12.3 Å². The van der Waals surface area contributed by atoms with Crippen LogP contribution in [0.5, 0.6) is 0 Å². The first kappa shape index (κ1) is 21.4. The lowest BCUT2D eigenvalue weighted by atomic mass is 9.42. The fourth-order valence-electron chi connectivity index (χ4n) is 8.42. The molecule has 5 rings (SSSR count). The molecule has 0 spiro atoms. The lowest BCUT2D eigenvalue weighted by molar-refractivity contribution is -0.232. The van der Waals surface area contributed by atoms with E-state index in [-0.39, 0.29) is 60.2 Å².